The number of hydrogen-bond donors (Lipinski definition) is 2. The number of nitrogens with zero attached hydrogens (tertiary/aromatic N) is 1. The predicted octanol–water partition coefficient (Wildman–Crippen LogP) is 3.98. The topological polar surface area (TPSA) is 49.9 Å². The molecule has 2 N–H and O–H groups in total. The minimum Gasteiger partial charge on any atom is -0.490 e. The van der Waals surface area contributed by atoms with Crippen molar-refractivity contribution in [3.63, 3.8) is 0 Å². The Morgan fingerprint density at radius 1 is 1.26 bits per heavy atom. The first-order valence-electron chi connectivity index (χ1n) is 8.62. The summed E-state index contributed by atoms with van der Waals surface area (Å²) >= 11 is 0. The molecule has 2 aliphatic carbocycles. The predicted molar refractivity (Wildman–Crippen MR) is 95.5 cm³/mol. The molecule has 126 valence electrons. The molecular weight excluding hydrogens is 310 g/mol. The zero-order valence-corrected chi connectivity index (χ0v) is 14.5. The normalized spacial score (nSPS) is 24.4. The maximum absolute atomic E-state index is 6.33. The zero-order chi connectivity index (χ0) is 14.9. The van der Waals surface area contributed by atoms with Gasteiger partial charge in [0.15, 0.2) is 0 Å². The number of H-pyrrole nitrogens is 1. The molecule has 1 aromatic carbocycles. The van der Waals surface area contributed by atoms with Crippen LogP contribution in [0.1, 0.15) is 44.1 Å². The second-order valence-electron chi connectivity index (χ2n) is 6.97. The van der Waals surface area contributed by atoms with E-state index in [2.05, 4.69) is 34.6 Å². The zero-order valence-electron chi connectivity index (χ0n) is 13.7. The van der Waals surface area contributed by atoms with Crippen molar-refractivity contribution in [1.82, 2.24) is 15.5 Å². The van der Waals surface area contributed by atoms with Gasteiger partial charge < -0.3 is 10.1 Å². The Morgan fingerprint density at radius 3 is 2.96 bits per heavy atom. The van der Waals surface area contributed by atoms with Gasteiger partial charge in [-0.1, -0.05) is 0 Å². The van der Waals surface area contributed by atoms with Gasteiger partial charge in [-0.2, -0.15) is 5.10 Å². The number of aryl methyl sites for hydroxylation is 1. The van der Waals surface area contributed by atoms with Crippen molar-refractivity contribution in [2.75, 3.05) is 6.54 Å². The third kappa shape index (κ3) is 3.81. The van der Waals surface area contributed by atoms with E-state index in [-0.39, 0.29) is 12.4 Å². The van der Waals surface area contributed by atoms with Crippen LogP contribution in [0.25, 0.3) is 10.9 Å². The number of benzene rings is 1. The minimum atomic E-state index is 0. The molecule has 0 aliphatic heterocycles. The number of halogens is 1. The van der Waals surface area contributed by atoms with Crippen LogP contribution in [0.5, 0.6) is 5.75 Å². The van der Waals surface area contributed by atoms with E-state index in [9.17, 15) is 0 Å². The SMILES string of the molecule is Cc1c(O[C@@H]2CCC[C@H](NCC3CC3)C2)ccc2[nH]ncc12.Cl. The lowest BCUT2D eigenvalue weighted by molar-refractivity contribution is 0.134. The summed E-state index contributed by atoms with van der Waals surface area (Å²) in [5, 5.41) is 12.0. The highest BCUT2D eigenvalue weighted by Crippen LogP contribution is 2.31. The molecule has 1 heterocycles. The third-order valence-electron chi connectivity index (χ3n) is 5.16. The molecule has 2 saturated carbocycles. The highest BCUT2D eigenvalue weighted by atomic mass is 35.5. The molecule has 4 rings (SSSR count). The van der Waals surface area contributed by atoms with Crippen LogP contribution in [-0.2, 0) is 0 Å². The van der Waals surface area contributed by atoms with Crippen LogP contribution < -0.4 is 10.1 Å². The largest absolute Gasteiger partial charge is 0.490 e. The number of ether oxygens (including phenoxy) is 1. The molecule has 2 aromatic rings. The van der Waals surface area contributed by atoms with Gasteiger partial charge in [0.1, 0.15) is 11.9 Å². The summed E-state index contributed by atoms with van der Waals surface area (Å²) in [6.07, 6.45) is 9.94. The molecule has 2 aliphatic rings. The van der Waals surface area contributed by atoms with Gasteiger partial charge >= 0.3 is 0 Å². The number of nitrogens with one attached hydrogen (secondary N) is 2. The van der Waals surface area contributed by atoms with Gasteiger partial charge in [0, 0.05) is 17.0 Å². The molecule has 23 heavy (non-hydrogen) atoms. The van der Waals surface area contributed by atoms with E-state index < -0.39 is 0 Å². The first-order valence-corrected chi connectivity index (χ1v) is 8.62. The maximum atomic E-state index is 6.33. The average molecular weight is 336 g/mol. The minimum absolute atomic E-state index is 0. The molecule has 0 unspecified atom stereocenters. The van der Waals surface area contributed by atoms with Crippen LogP contribution in [-0.4, -0.2) is 28.9 Å². The molecule has 0 radical (unpaired) electrons. The first-order chi connectivity index (χ1) is 10.8. The molecule has 2 atom stereocenters. The lowest BCUT2D eigenvalue weighted by Gasteiger charge is -2.30. The maximum Gasteiger partial charge on any atom is 0.123 e. The second-order valence-corrected chi connectivity index (χ2v) is 6.97. The summed E-state index contributed by atoms with van der Waals surface area (Å²) in [4.78, 5) is 0. The number of fused-ring (bicyclic) bond motifs is 1. The van der Waals surface area contributed by atoms with Crippen LogP contribution >= 0.6 is 12.4 Å². The van der Waals surface area contributed by atoms with E-state index in [1.807, 2.05) is 6.20 Å². The van der Waals surface area contributed by atoms with Gasteiger partial charge in [-0.25, -0.2) is 0 Å². The lowest BCUT2D eigenvalue weighted by Crippen LogP contribution is -2.39. The summed E-state index contributed by atoms with van der Waals surface area (Å²) in [5.41, 5.74) is 2.27. The molecule has 1 aromatic heterocycles. The second kappa shape index (κ2) is 7.10. The van der Waals surface area contributed by atoms with E-state index in [4.69, 9.17) is 4.74 Å². The standard InChI is InChI=1S/C18H25N3O.ClH/c1-12-16-11-20-21-17(16)7-8-18(12)22-15-4-2-3-14(9-15)19-10-13-5-6-13;/h7-8,11,13-15,19H,2-6,9-10H2,1H3,(H,20,21);1H/t14-,15+;/m0./s1. The Labute approximate surface area is 143 Å². The van der Waals surface area contributed by atoms with Gasteiger partial charge in [-0.05, 0) is 70.0 Å². The van der Waals surface area contributed by atoms with Crippen LogP contribution in [0.15, 0.2) is 18.3 Å². The van der Waals surface area contributed by atoms with Crippen molar-refractivity contribution in [3.05, 3.63) is 23.9 Å². The van der Waals surface area contributed by atoms with Crippen molar-refractivity contribution in [3.8, 4) is 5.75 Å². The van der Waals surface area contributed by atoms with Gasteiger partial charge in [-0.3, -0.25) is 5.10 Å². The Hall–Kier alpha value is -1.26. The smallest absolute Gasteiger partial charge is 0.123 e. The molecule has 0 bridgehead atoms. The van der Waals surface area contributed by atoms with Gasteiger partial charge in [0.25, 0.3) is 0 Å². The molecule has 0 amide bonds. The van der Waals surface area contributed by atoms with E-state index in [1.54, 1.807) is 0 Å². The van der Waals surface area contributed by atoms with Gasteiger partial charge in [0.2, 0.25) is 0 Å². The highest BCUT2D eigenvalue weighted by molar-refractivity contribution is 5.85. The molecule has 2 fully saturated rings. The van der Waals surface area contributed by atoms with Crippen molar-refractivity contribution < 1.29 is 4.74 Å². The molecule has 0 saturated heterocycles. The van der Waals surface area contributed by atoms with Crippen molar-refractivity contribution in [1.29, 1.82) is 0 Å². The Bertz CT molecular complexity index is 653. The fraction of sp³-hybridized carbons (Fsp3) is 0.611. The summed E-state index contributed by atoms with van der Waals surface area (Å²) in [6.45, 7) is 3.33. The molecule has 4 nitrogen and oxygen atoms in total. The Kier molecular flexibility index (Phi) is 5.12. The third-order valence-corrected chi connectivity index (χ3v) is 5.16. The fourth-order valence-corrected chi connectivity index (χ4v) is 3.54. The van der Waals surface area contributed by atoms with Crippen molar-refractivity contribution in [2.45, 2.75) is 57.6 Å². The van der Waals surface area contributed by atoms with Crippen LogP contribution in [0.4, 0.5) is 0 Å². The number of aromatic nitrogens is 2. The lowest BCUT2D eigenvalue weighted by atomic mass is 9.92. The monoisotopic (exact) mass is 335 g/mol. The van der Waals surface area contributed by atoms with E-state index in [1.165, 1.54) is 44.2 Å². The molecular formula is C18H26ClN3O. The van der Waals surface area contributed by atoms with E-state index >= 15 is 0 Å². The summed E-state index contributed by atoms with van der Waals surface area (Å²) in [6, 6.07) is 4.78. The number of hydrogen-bond acceptors (Lipinski definition) is 3. The van der Waals surface area contributed by atoms with Crippen LogP contribution in [0.3, 0.4) is 0 Å². The van der Waals surface area contributed by atoms with Gasteiger partial charge in [0.05, 0.1) is 11.7 Å². The van der Waals surface area contributed by atoms with Crippen LogP contribution in [0.2, 0.25) is 0 Å². The summed E-state index contributed by atoms with van der Waals surface area (Å²) in [5.74, 6) is 1.97. The highest BCUT2D eigenvalue weighted by Gasteiger charge is 2.26. The first kappa shape index (κ1) is 16.6. The van der Waals surface area contributed by atoms with E-state index in [0.29, 0.717) is 12.1 Å². The quantitative estimate of drug-likeness (QED) is 0.868. The number of aromatic amines is 1. The van der Waals surface area contributed by atoms with Gasteiger partial charge in [-0.15, -0.1) is 12.4 Å². The molecule has 0 spiro atoms. The summed E-state index contributed by atoms with van der Waals surface area (Å²) in [7, 11) is 0. The molecule has 5 heteroatoms. The Balaban J connectivity index is 0.00000156. The number of rotatable bonds is 5. The van der Waals surface area contributed by atoms with Crippen molar-refractivity contribution >= 4 is 23.3 Å². The van der Waals surface area contributed by atoms with E-state index in [0.717, 1.165) is 29.0 Å². The fourth-order valence-electron chi connectivity index (χ4n) is 3.54. The average Bonchev–Trinajstić information content (AvgIpc) is 3.24. The Morgan fingerprint density at radius 2 is 2.13 bits per heavy atom. The van der Waals surface area contributed by atoms with Crippen molar-refractivity contribution in [2.24, 2.45) is 5.92 Å². The summed E-state index contributed by atoms with van der Waals surface area (Å²) < 4.78 is 6.33. The van der Waals surface area contributed by atoms with Crippen LogP contribution in [0, 0.1) is 12.8 Å².